The Kier molecular flexibility index (Phi) is 5.88. The summed E-state index contributed by atoms with van der Waals surface area (Å²) >= 11 is 0. The van der Waals surface area contributed by atoms with E-state index >= 15 is 0 Å². The van der Waals surface area contributed by atoms with E-state index in [1.54, 1.807) is 0 Å². The largest absolute Gasteiger partial charge is 0.309 e. The predicted molar refractivity (Wildman–Crippen MR) is 148 cm³/mol. The van der Waals surface area contributed by atoms with Gasteiger partial charge in [0.05, 0.1) is 28.5 Å². The molecule has 176 valence electrons. The van der Waals surface area contributed by atoms with Crippen LogP contribution in [0.3, 0.4) is 0 Å². The number of hydrogen-bond donors (Lipinski definition) is 0. The minimum absolute atomic E-state index is 0.158. The first-order valence-electron chi connectivity index (χ1n) is 12.4. The molecular weight excluding hydrogens is 442 g/mol. The van der Waals surface area contributed by atoms with Crippen LogP contribution in [0, 0.1) is 0 Å². The van der Waals surface area contributed by atoms with Crippen molar-refractivity contribution in [2.45, 2.75) is 25.9 Å². The second kappa shape index (κ2) is 9.62. The lowest BCUT2D eigenvalue weighted by Crippen LogP contribution is -2.18. The maximum atomic E-state index is 5.06. The fourth-order valence-corrected chi connectivity index (χ4v) is 4.81. The van der Waals surface area contributed by atoms with Gasteiger partial charge in [-0.3, -0.25) is 5.01 Å². The minimum atomic E-state index is 0.158. The van der Waals surface area contributed by atoms with Gasteiger partial charge in [0.15, 0.2) is 0 Å². The van der Waals surface area contributed by atoms with Gasteiger partial charge in [0.1, 0.15) is 0 Å². The Morgan fingerprint density at radius 1 is 0.833 bits per heavy atom. The van der Waals surface area contributed by atoms with Crippen LogP contribution >= 0.6 is 0 Å². The molecule has 0 fully saturated rings. The van der Waals surface area contributed by atoms with Gasteiger partial charge in [-0.25, -0.2) is 9.98 Å². The van der Waals surface area contributed by atoms with Crippen molar-refractivity contribution in [1.82, 2.24) is 9.55 Å². The van der Waals surface area contributed by atoms with Crippen LogP contribution in [0.15, 0.2) is 119 Å². The molecule has 0 saturated carbocycles. The molecule has 0 aliphatic carbocycles. The number of imidazole rings is 1. The lowest BCUT2D eigenvalue weighted by atomic mass is 9.98. The molecule has 1 atom stereocenters. The molecule has 1 aromatic heterocycles. The van der Waals surface area contributed by atoms with Gasteiger partial charge in [0.25, 0.3) is 0 Å². The van der Waals surface area contributed by atoms with Crippen LogP contribution < -0.4 is 5.01 Å². The highest BCUT2D eigenvalue weighted by molar-refractivity contribution is 6.03. The first-order valence-corrected chi connectivity index (χ1v) is 12.4. The summed E-state index contributed by atoms with van der Waals surface area (Å²) in [6.07, 6.45) is 2.75. The lowest BCUT2D eigenvalue weighted by Gasteiger charge is -2.24. The Balaban J connectivity index is 1.29. The summed E-state index contributed by atoms with van der Waals surface area (Å²) in [5, 5.41) is 7.21. The molecule has 0 N–H and O–H groups in total. The molecule has 1 aliphatic heterocycles. The molecule has 0 radical (unpaired) electrons. The maximum Gasteiger partial charge on any atom is 0.230 e. The van der Waals surface area contributed by atoms with Gasteiger partial charge < -0.3 is 4.57 Å². The molecule has 4 aromatic carbocycles. The molecule has 1 aliphatic rings. The maximum absolute atomic E-state index is 5.06. The zero-order valence-electron chi connectivity index (χ0n) is 20.2. The van der Waals surface area contributed by atoms with E-state index < -0.39 is 0 Å². The standard InChI is InChI=1S/C31H27N5/c1-2-35-29-16-10-9-15-27(29)33-31(35)32-22-23-17-19-26(20-18-23)36-30(25-13-7-4-8-14-25)21-28(34-36)24-11-5-3-6-12-24/h3-20,22,30H,2,21H2,1H3. The van der Waals surface area contributed by atoms with E-state index in [4.69, 9.17) is 15.1 Å². The predicted octanol–water partition coefficient (Wildman–Crippen LogP) is 7.16. The number of aliphatic imine (C=N–C) groups is 1. The zero-order chi connectivity index (χ0) is 24.3. The van der Waals surface area contributed by atoms with Crippen molar-refractivity contribution in [3.05, 3.63) is 126 Å². The van der Waals surface area contributed by atoms with E-state index in [1.165, 1.54) is 11.1 Å². The van der Waals surface area contributed by atoms with Crippen molar-refractivity contribution < 1.29 is 0 Å². The molecule has 36 heavy (non-hydrogen) atoms. The molecule has 5 nitrogen and oxygen atoms in total. The molecule has 0 spiro atoms. The lowest BCUT2D eigenvalue weighted by molar-refractivity contribution is 0.709. The monoisotopic (exact) mass is 469 g/mol. The first-order chi connectivity index (χ1) is 17.8. The number of hydrogen-bond acceptors (Lipinski definition) is 4. The quantitative estimate of drug-likeness (QED) is 0.248. The number of aromatic nitrogens is 2. The van der Waals surface area contributed by atoms with E-state index in [9.17, 15) is 0 Å². The van der Waals surface area contributed by atoms with Crippen LogP contribution in [0.25, 0.3) is 11.0 Å². The number of hydrazone groups is 1. The fourth-order valence-electron chi connectivity index (χ4n) is 4.81. The van der Waals surface area contributed by atoms with Gasteiger partial charge in [-0.2, -0.15) is 5.10 Å². The molecule has 0 amide bonds. The van der Waals surface area contributed by atoms with Crippen LogP contribution in [-0.4, -0.2) is 21.5 Å². The highest BCUT2D eigenvalue weighted by Crippen LogP contribution is 2.36. The van der Waals surface area contributed by atoms with Crippen molar-refractivity contribution in [3.63, 3.8) is 0 Å². The van der Waals surface area contributed by atoms with E-state index in [-0.39, 0.29) is 6.04 Å². The number of rotatable bonds is 6. The van der Waals surface area contributed by atoms with E-state index in [0.717, 1.165) is 46.9 Å². The Morgan fingerprint density at radius 3 is 2.28 bits per heavy atom. The van der Waals surface area contributed by atoms with Crippen molar-refractivity contribution in [1.29, 1.82) is 0 Å². The van der Waals surface area contributed by atoms with Crippen molar-refractivity contribution in [2.75, 3.05) is 5.01 Å². The van der Waals surface area contributed by atoms with Crippen molar-refractivity contribution >= 4 is 34.6 Å². The third-order valence-corrected chi connectivity index (χ3v) is 6.64. The summed E-state index contributed by atoms with van der Waals surface area (Å²) in [6.45, 7) is 2.94. The smallest absolute Gasteiger partial charge is 0.230 e. The number of aryl methyl sites for hydroxylation is 1. The molecule has 2 heterocycles. The van der Waals surface area contributed by atoms with Gasteiger partial charge >= 0.3 is 0 Å². The highest BCUT2D eigenvalue weighted by Gasteiger charge is 2.29. The zero-order valence-corrected chi connectivity index (χ0v) is 20.2. The second-order valence-electron chi connectivity index (χ2n) is 8.88. The molecular formula is C31H27N5. The Hall–Kier alpha value is -4.51. The fraction of sp³-hybridized carbons (Fsp3) is 0.129. The van der Waals surface area contributed by atoms with Crippen LogP contribution in [0.4, 0.5) is 11.6 Å². The van der Waals surface area contributed by atoms with Crippen molar-refractivity contribution in [2.24, 2.45) is 10.1 Å². The number of anilines is 1. The first kappa shape index (κ1) is 22.0. The summed E-state index contributed by atoms with van der Waals surface area (Å²) < 4.78 is 2.13. The Bertz CT molecular complexity index is 1530. The van der Waals surface area contributed by atoms with Gasteiger partial charge in [0.2, 0.25) is 5.95 Å². The summed E-state index contributed by atoms with van der Waals surface area (Å²) in [4.78, 5) is 9.41. The molecule has 0 saturated heterocycles. The third-order valence-electron chi connectivity index (χ3n) is 6.64. The Labute approximate surface area is 211 Å². The summed E-state index contributed by atoms with van der Waals surface area (Å²) in [5.41, 5.74) is 7.70. The van der Waals surface area contributed by atoms with Crippen LogP contribution in [-0.2, 0) is 6.54 Å². The topological polar surface area (TPSA) is 45.8 Å². The van der Waals surface area contributed by atoms with Gasteiger partial charge in [0, 0.05) is 19.2 Å². The van der Waals surface area contributed by atoms with E-state index in [0.29, 0.717) is 0 Å². The van der Waals surface area contributed by atoms with E-state index in [2.05, 4.69) is 101 Å². The third kappa shape index (κ3) is 4.20. The van der Waals surface area contributed by atoms with Crippen molar-refractivity contribution in [3.8, 4) is 0 Å². The minimum Gasteiger partial charge on any atom is -0.309 e. The number of benzene rings is 4. The molecule has 6 rings (SSSR count). The number of fused-ring (bicyclic) bond motifs is 1. The molecule has 5 heteroatoms. The summed E-state index contributed by atoms with van der Waals surface area (Å²) in [5.74, 6) is 0.726. The summed E-state index contributed by atoms with van der Waals surface area (Å²) in [7, 11) is 0. The van der Waals surface area contributed by atoms with Gasteiger partial charge in [-0.05, 0) is 47.9 Å². The highest BCUT2D eigenvalue weighted by atomic mass is 15.5. The Morgan fingerprint density at radius 2 is 1.53 bits per heavy atom. The second-order valence-corrected chi connectivity index (χ2v) is 8.88. The van der Waals surface area contributed by atoms with Gasteiger partial charge in [-0.1, -0.05) is 84.9 Å². The van der Waals surface area contributed by atoms with Crippen LogP contribution in [0.5, 0.6) is 0 Å². The summed E-state index contributed by atoms with van der Waals surface area (Å²) in [6, 6.07) is 37.8. The average Bonchev–Trinajstić information content (AvgIpc) is 3.55. The van der Waals surface area contributed by atoms with Gasteiger partial charge in [-0.15, -0.1) is 0 Å². The normalized spacial score (nSPS) is 15.6. The molecule has 1 unspecified atom stereocenters. The number of nitrogens with zero attached hydrogens (tertiary/aromatic N) is 5. The molecule has 5 aromatic rings. The molecule has 0 bridgehead atoms. The van der Waals surface area contributed by atoms with Crippen LogP contribution in [0.1, 0.15) is 36.1 Å². The average molecular weight is 470 g/mol. The SMILES string of the molecule is CCn1c(N=Cc2ccc(N3N=C(c4ccccc4)CC3c3ccccc3)cc2)nc2ccccc21. The van der Waals surface area contributed by atoms with Crippen LogP contribution in [0.2, 0.25) is 0 Å². The van der Waals surface area contributed by atoms with E-state index in [1.807, 2.05) is 30.5 Å². The number of para-hydroxylation sites is 2.